The molecule has 14 heteroatoms. The number of pyridine rings is 1. The lowest BCUT2D eigenvalue weighted by atomic mass is 10.1. The molecule has 2 aliphatic heterocycles. The molecule has 1 aromatic heterocycles. The lowest BCUT2D eigenvalue weighted by molar-refractivity contribution is -0.152. The third-order valence-electron chi connectivity index (χ3n) is 9.89. The van der Waals surface area contributed by atoms with Crippen LogP contribution in [-0.2, 0) is 28.7 Å². The second-order valence-corrected chi connectivity index (χ2v) is 14.9. The highest BCUT2D eigenvalue weighted by Gasteiger charge is 2.55. The number of carbonyl (C=O) groups is 6. The quantitative estimate of drug-likeness (QED) is 0.149. The van der Waals surface area contributed by atoms with E-state index in [1.54, 1.807) is 52.2 Å². The minimum Gasteiger partial charge on any atom is -0.497 e. The zero-order valence-electron chi connectivity index (χ0n) is 30.8. The number of carbonyl (C=O) groups excluding carboxylic acids is 6. The van der Waals surface area contributed by atoms with Crippen LogP contribution in [0.1, 0.15) is 52.9 Å². The van der Waals surface area contributed by atoms with Gasteiger partial charge in [-0.3, -0.25) is 24.1 Å². The van der Waals surface area contributed by atoms with Crippen molar-refractivity contribution in [2.75, 3.05) is 20.2 Å². The van der Waals surface area contributed by atoms with Crippen LogP contribution in [0.15, 0.2) is 67.3 Å². The maximum absolute atomic E-state index is 14.5. The fourth-order valence-electron chi connectivity index (χ4n) is 6.82. The van der Waals surface area contributed by atoms with Crippen molar-refractivity contribution in [3.05, 3.63) is 67.3 Å². The van der Waals surface area contributed by atoms with Gasteiger partial charge in [0.05, 0.1) is 24.9 Å². The number of hydrogen-bond donors (Lipinski definition) is 2. The number of rotatable bonds is 13. The van der Waals surface area contributed by atoms with Crippen LogP contribution in [0.25, 0.3) is 22.2 Å². The van der Waals surface area contributed by atoms with E-state index in [9.17, 15) is 28.8 Å². The maximum Gasteiger partial charge on any atom is 0.408 e. The van der Waals surface area contributed by atoms with E-state index in [-0.39, 0.29) is 50.6 Å². The van der Waals surface area contributed by atoms with Crippen molar-refractivity contribution in [3.8, 4) is 22.8 Å². The van der Waals surface area contributed by atoms with Crippen LogP contribution >= 0.6 is 0 Å². The number of alkyl carbamates (subject to hydrolysis) is 1. The lowest BCUT2D eigenvalue weighted by Crippen LogP contribution is -2.56. The average Bonchev–Trinajstić information content (AvgIpc) is 3.68. The lowest BCUT2D eigenvalue weighted by Gasteiger charge is -2.31. The minimum atomic E-state index is -1.30. The van der Waals surface area contributed by atoms with Crippen LogP contribution < -0.4 is 20.1 Å². The van der Waals surface area contributed by atoms with Gasteiger partial charge >= 0.3 is 6.09 Å². The molecule has 3 fully saturated rings. The van der Waals surface area contributed by atoms with E-state index >= 15 is 0 Å². The molecule has 54 heavy (non-hydrogen) atoms. The van der Waals surface area contributed by atoms with Crippen LogP contribution in [0.2, 0.25) is 0 Å². The first kappa shape index (κ1) is 38.0. The van der Waals surface area contributed by atoms with Gasteiger partial charge in [0.2, 0.25) is 23.6 Å². The van der Waals surface area contributed by atoms with E-state index in [0.29, 0.717) is 40.8 Å². The van der Waals surface area contributed by atoms with Crippen LogP contribution in [0.3, 0.4) is 0 Å². The normalized spacial score (nSPS) is 22.4. The first-order valence-electron chi connectivity index (χ1n) is 18.0. The van der Waals surface area contributed by atoms with E-state index < -0.39 is 53.1 Å². The molecule has 3 aliphatic rings. The van der Waals surface area contributed by atoms with Gasteiger partial charge in [0.25, 0.3) is 0 Å². The monoisotopic (exact) mass is 739 g/mol. The summed E-state index contributed by atoms with van der Waals surface area (Å²) in [5.41, 5.74) is 0.0588. The summed E-state index contributed by atoms with van der Waals surface area (Å²) in [5, 5.41) is 6.11. The van der Waals surface area contributed by atoms with Gasteiger partial charge in [0.1, 0.15) is 47.1 Å². The van der Waals surface area contributed by atoms with Crippen LogP contribution in [0.4, 0.5) is 4.79 Å². The molecule has 3 aromatic rings. The number of fused-ring (bicyclic) bond motifs is 1. The van der Waals surface area contributed by atoms with E-state index in [2.05, 4.69) is 17.2 Å². The highest BCUT2D eigenvalue weighted by molar-refractivity contribution is 6.00. The van der Waals surface area contributed by atoms with Crippen LogP contribution in [0, 0.1) is 5.92 Å². The summed E-state index contributed by atoms with van der Waals surface area (Å²) in [4.78, 5) is 85.8. The summed E-state index contributed by atoms with van der Waals surface area (Å²) in [6, 6.07) is 14.3. The number of β-lactam (4-membered cyclic amide) rings is 1. The number of ether oxygens (including phenoxy) is 3. The number of methoxy groups -OCH3 is 1. The molecular formula is C40H45N5O9. The molecule has 2 unspecified atom stereocenters. The summed E-state index contributed by atoms with van der Waals surface area (Å²) >= 11 is 0. The fourth-order valence-corrected chi connectivity index (χ4v) is 6.82. The topological polar surface area (TPSA) is 174 Å². The van der Waals surface area contributed by atoms with Crippen molar-refractivity contribution < 1.29 is 43.0 Å². The number of aldehydes is 1. The Morgan fingerprint density at radius 3 is 2.48 bits per heavy atom. The highest BCUT2D eigenvalue weighted by atomic mass is 16.6. The van der Waals surface area contributed by atoms with E-state index in [4.69, 9.17) is 19.2 Å². The highest BCUT2D eigenvalue weighted by Crippen LogP contribution is 2.43. The number of nitrogens with one attached hydrogen (secondary N) is 2. The third-order valence-corrected chi connectivity index (χ3v) is 9.89. The Morgan fingerprint density at radius 1 is 1.11 bits per heavy atom. The first-order chi connectivity index (χ1) is 25.7. The molecule has 3 heterocycles. The Hall–Kier alpha value is -5.79. The summed E-state index contributed by atoms with van der Waals surface area (Å²) in [5.74, 6) is -1.20. The predicted molar refractivity (Wildman–Crippen MR) is 197 cm³/mol. The summed E-state index contributed by atoms with van der Waals surface area (Å²) < 4.78 is 17.5. The third kappa shape index (κ3) is 8.22. The molecule has 2 aromatic carbocycles. The molecule has 1 saturated carbocycles. The predicted octanol–water partition coefficient (Wildman–Crippen LogP) is 3.95. The maximum atomic E-state index is 14.5. The van der Waals surface area contributed by atoms with Crippen molar-refractivity contribution >= 4 is 46.9 Å². The molecule has 5 atom stereocenters. The van der Waals surface area contributed by atoms with Gasteiger partial charge in [-0.05, 0) is 45.7 Å². The number of amides is 5. The SMILES string of the molecule is C=CC1C[C@@]1(C=O)NC(=O)C1C[C@@H](Oc2cc(-c3ccccc3)nc3cc(OC)ccc23)CN1C(=O)[C@H](CCC(=O)N1CCC1=O)NC(=O)OC(C)(C)C. The van der Waals surface area contributed by atoms with Crippen LogP contribution in [-0.4, -0.2) is 100 Å². The molecule has 14 nitrogen and oxygen atoms in total. The summed E-state index contributed by atoms with van der Waals surface area (Å²) in [6.07, 6.45) is 0.992. The molecule has 6 rings (SSSR count). The van der Waals surface area contributed by atoms with E-state index in [0.717, 1.165) is 10.5 Å². The van der Waals surface area contributed by atoms with Crippen molar-refractivity contribution in [2.24, 2.45) is 5.92 Å². The van der Waals surface area contributed by atoms with Crippen LogP contribution in [0.5, 0.6) is 11.5 Å². The Balaban J connectivity index is 1.32. The smallest absolute Gasteiger partial charge is 0.408 e. The van der Waals surface area contributed by atoms with Gasteiger partial charge in [-0.25, -0.2) is 9.78 Å². The summed E-state index contributed by atoms with van der Waals surface area (Å²) in [6.45, 7) is 9.00. The standard InChI is InChI=1S/C40H45N5O9/c1-6-25-21-40(25,23-46)43-36(49)32-19-27(53-33-20-30(24-10-8-7-9-11-24)41-31-18-26(52-5)12-13-28(31)33)22-45(32)37(50)29(42-38(51)54-39(2,3)4)14-15-34(47)44-17-16-35(44)48/h6-13,18,20,23,25,27,29,32H,1,14-17,19,21-22H2,2-5H3,(H,42,51)(H,43,49)/t25?,27-,29+,32?,40+/m1/s1. The Kier molecular flexibility index (Phi) is 10.7. The molecule has 284 valence electrons. The Morgan fingerprint density at radius 2 is 1.87 bits per heavy atom. The molecule has 5 amide bonds. The van der Waals surface area contributed by atoms with Gasteiger partial charge in [0, 0.05) is 54.8 Å². The summed E-state index contributed by atoms with van der Waals surface area (Å²) in [7, 11) is 1.56. The largest absolute Gasteiger partial charge is 0.497 e. The van der Waals surface area contributed by atoms with Gasteiger partial charge in [-0.15, -0.1) is 6.58 Å². The minimum absolute atomic E-state index is 0.0479. The van der Waals surface area contributed by atoms with Gasteiger partial charge in [0.15, 0.2) is 0 Å². The second kappa shape index (κ2) is 15.3. The molecule has 1 aliphatic carbocycles. The number of nitrogens with zero attached hydrogens (tertiary/aromatic N) is 3. The molecule has 0 spiro atoms. The zero-order chi connectivity index (χ0) is 38.8. The molecular weight excluding hydrogens is 694 g/mol. The van der Waals surface area contributed by atoms with E-state index in [1.165, 1.54) is 4.90 Å². The van der Waals surface area contributed by atoms with Crippen molar-refractivity contribution in [2.45, 2.75) is 82.2 Å². The van der Waals surface area contributed by atoms with Crippen molar-refractivity contribution in [1.29, 1.82) is 0 Å². The molecule has 2 N–H and O–H groups in total. The molecule has 0 bridgehead atoms. The first-order valence-corrected chi connectivity index (χ1v) is 18.0. The Labute approximate surface area is 313 Å². The van der Waals surface area contributed by atoms with Gasteiger partial charge < -0.3 is 34.5 Å². The fraction of sp³-hybridized carbons (Fsp3) is 0.425. The average molecular weight is 740 g/mol. The number of imide groups is 1. The van der Waals surface area contributed by atoms with Gasteiger partial charge in [-0.1, -0.05) is 36.4 Å². The molecule has 2 saturated heterocycles. The second-order valence-electron chi connectivity index (χ2n) is 14.9. The number of benzene rings is 2. The van der Waals surface area contributed by atoms with E-state index in [1.807, 2.05) is 36.4 Å². The molecule has 0 radical (unpaired) electrons. The van der Waals surface area contributed by atoms with Crippen molar-refractivity contribution in [3.63, 3.8) is 0 Å². The number of aromatic nitrogens is 1. The Bertz CT molecular complexity index is 1980. The number of hydrogen-bond acceptors (Lipinski definition) is 10. The zero-order valence-corrected chi connectivity index (χ0v) is 30.8. The van der Waals surface area contributed by atoms with Gasteiger partial charge in [-0.2, -0.15) is 0 Å². The number of likely N-dealkylation sites (tertiary alicyclic amines) is 2. The van der Waals surface area contributed by atoms with Crippen molar-refractivity contribution in [1.82, 2.24) is 25.4 Å².